The average Bonchev–Trinajstić information content (AvgIpc) is 2.72. The Balaban J connectivity index is 2.68. The average molecular weight is 718 g/mol. The molecule has 2 aromatic carbocycles. The summed E-state index contributed by atoms with van der Waals surface area (Å²) in [5.74, 6) is 0.327. The maximum absolute atomic E-state index is 12.8. The van der Waals surface area contributed by atoms with Gasteiger partial charge >= 0.3 is 5.97 Å². The number of benzene rings is 2. The van der Waals surface area contributed by atoms with Gasteiger partial charge in [-0.1, -0.05) is 18.2 Å². The zero-order chi connectivity index (χ0) is 20.8. The molecular weight excluding hydrogens is 693 g/mol. The topological polar surface area (TPSA) is 32.8 Å². The van der Waals surface area contributed by atoms with Gasteiger partial charge < -0.3 is 14.5 Å². The molecule has 0 radical (unpaired) electrons. The number of halogens is 3. The molecule has 0 fully saturated rings. The van der Waals surface area contributed by atoms with Crippen molar-refractivity contribution in [1.29, 1.82) is 0 Å². The highest BCUT2D eigenvalue weighted by atomic mass is 127. The minimum absolute atomic E-state index is 0.325. The number of nitrogens with zero attached hydrogens (tertiary/aromatic N) is 2. The molecule has 0 saturated carbocycles. The first-order valence-electron chi connectivity index (χ1n) is 9.38. The summed E-state index contributed by atoms with van der Waals surface area (Å²) in [7, 11) is 0. The van der Waals surface area contributed by atoms with Crippen LogP contribution in [0.2, 0.25) is 0 Å². The van der Waals surface area contributed by atoms with Crippen LogP contribution in [0.15, 0.2) is 30.3 Å². The quantitative estimate of drug-likeness (QED) is 0.180. The monoisotopic (exact) mass is 718 g/mol. The third-order valence-corrected chi connectivity index (χ3v) is 7.62. The van der Waals surface area contributed by atoms with Crippen molar-refractivity contribution < 1.29 is 9.53 Å². The van der Waals surface area contributed by atoms with Crippen molar-refractivity contribution in [2.75, 3.05) is 36.0 Å². The normalized spacial score (nSPS) is 10.7. The minimum Gasteiger partial charge on any atom is -0.420 e. The number of carbonyl (C=O) groups excluding carboxylic acids is 1. The van der Waals surface area contributed by atoms with E-state index in [0.717, 1.165) is 44.7 Å². The highest BCUT2D eigenvalue weighted by Gasteiger charge is 2.27. The van der Waals surface area contributed by atoms with E-state index in [9.17, 15) is 4.79 Å². The lowest BCUT2D eigenvalue weighted by atomic mass is 10.2. The number of ether oxygens (including phenoxy) is 1. The van der Waals surface area contributed by atoms with Gasteiger partial charge in [-0.2, -0.15) is 0 Å². The lowest BCUT2D eigenvalue weighted by molar-refractivity contribution is 0.0732. The van der Waals surface area contributed by atoms with Crippen molar-refractivity contribution in [3.8, 4) is 5.75 Å². The van der Waals surface area contributed by atoms with E-state index in [0.29, 0.717) is 11.3 Å². The third-order valence-electron chi connectivity index (χ3n) is 4.59. The molecule has 0 amide bonds. The molecule has 0 unspecified atom stereocenters. The predicted octanol–water partition coefficient (Wildman–Crippen LogP) is 6.41. The molecular formula is C21H25I3N2O2. The number of hydrogen-bond acceptors (Lipinski definition) is 4. The molecule has 0 aliphatic rings. The van der Waals surface area contributed by atoms with Crippen LogP contribution in [0, 0.1) is 10.7 Å². The Morgan fingerprint density at radius 3 is 1.61 bits per heavy atom. The van der Waals surface area contributed by atoms with Gasteiger partial charge in [-0.15, -0.1) is 0 Å². The highest BCUT2D eigenvalue weighted by Crippen LogP contribution is 2.46. The first kappa shape index (κ1) is 24.0. The molecule has 0 saturated heterocycles. The number of esters is 1. The maximum Gasteiger partial charge on any atom is 0.343 e. The lowest BCUT2D eigenvalue weighted by Crippen LogP contribution is -2.29. The Bertz CT molecular complexity index is 781. The van der Waals surface area contributed by atoms with Gasteiger partial charge in [0.15, 0.2) is 5.75 Å². The van der Waals surface area contributed by atoms with Crippen LogP contribution in [0.5, 0.6) is 5.75 Å². The summed E-state index contributed by atoms with van der Waals surface area (Å²) < 4.78 is 9.14. The van der Waals surface area contributed by atoms with Gasteiger partial charge in [0.2, 0.25) is 0 Å². The van der Waals surface area contributed by atoms with Crippen molar-refractivity contribution in [2.45, 2.75) is 27.7 Å². The van der Waals surface area contributed by atoms with Crippen molar-refractivity contribution in [3.05, 3.63) is 46.6 Å². The van der Waals surface area contributed by atoms with Crippen molar-refractivity contribution in [2.24, 2.45) is 0 Å². The Morgan fingerprint density at radius 1 is 0.786 bits per heavy atom. The molecule has 4 nitrogen and oxygen atoms in total. The van der Waals surface area contributed by atoms with Gasteiger partial charge in [0, 0.05) is 26.2 Å². The van der Waals surface area contributed by atoms with E-state index in [2.05, 4.69) is 105 Å². The fourth-order valence-corrected chi connectivity index (χ4v) is 7.82. The van der Waals surface area contributed by atoms with E-state index in [1.807, 2.05) is 18.2 Å². The Kier molecular flexibility index (Phi) is 9.58. The van der Waals surface area contributed by atoms with Crippen molar-refractivity contribution in [1.82, 2.24) is 0 Å². The van der Waals surface area contributed by atoms with E-state index in [1.165, 1.54) is 3.57 Å². The minimum atomic E-state index is -0.325. The zero-order valence-corrected chi connectivity index (χ0v) is 23.0. The number of carbonyl (C=O) groups is 1. The first-order valence-corrected chi connectivity index (χ1v) is 12.6. The van der Waals surface area contributed by atoms with Gasteiger partial charge in [-0.3, -0.25) is 0 Å². The SMILES string of the molecule is CCN(CC)c1c(I)c(OC(=O)c2ccccc2)c(I)c(N(CC)CC)c1I. The van der Waals surface area contributed by atoms with Crippen molar-refractivity contribution >= 4 is 85.1 Å². The van der Waals surface area contributed by atoms with Crippen LogP contribution in [0.25, 0.3) is 0 Å². The van der Waals surface area contributed by atoms with Gasteiger partial charge in [0.1, 0.15) is 0 Å². The van der Waals surface area contributed by atoms with Crippen LogP contribution in [0.1, 0.15) is 38.1 Å². The summed E-state index contributed by atoms with van der Waals surface area (Å²) in [6.45, 7) is 12.2. The standard InChI is InChI=1S/C21H25I3N2O2/c1-5-25(6-2)18-15(22)19(26(7-3)8-4)17(24)20(16(18)23)28-21(27)14-12-10-9-11-13-14/h9-13H,5-8H2,1-4H3. The summed E-state index contributed by atoms with van der Waals surface area (Å²) in [4.78, 5) is 17.4. The van der Waals surface area contributed by atoms with E-state index < -0.39 is 0 Å². The summed E-state index contributed by atoms with van der Waals surface area (Å²) in [5.41, 5.74) is 2.84. The van der Waals surface area contributed by atoms with Crippen LogP contribution in [0.4, 0.5) is 11.4 Å². The molecule has 0 atom stereocenters. The molecule has 0 N–H and O–H groups in total. The molecule has 0 aromatic heterocycles. The summed E-state index contributed by atoms with van der Waals surface area (Å²) in [6, 6.07) is 9.16. The molecule has 28 heavy (non-hydrogen) atoms. The smallest absolute Gasteiger partial charge is 0.343 e. The van der Waals surface area contributed by atoms with Gasteiger partial charge in [-0.25, -0.2) is 4.79 Å². The van der Waals surface area contributed by atoms with Crippen LogP contribution < -0.4 is 14.5 Å². The van der Waals surface area contributed by atoms with E-state index in [1.54, 1.807) is 12.1 Å². The number of hydrogen-bond donors (Lipinski definition) is 0. The second-order valence-corrected chi connectivity index (χ2v) is 9.30. The zero-order valence-electron chi connectivity index (χ0n) is 16.6. The summed E-state index contributed by atoms with van der Waals surface area (Å²) in [6.07, 6.45) is 0. The Labute approximate surface area is 208 Å². The fraction of sp³-hybridized carbons (Fsp3) is 0.381. The molecule has 152 valence electrons. The maximum atomic E-state index is 12.8. The van der Waals surface area contributed by atoms with Gasteiger partial charge in [0.25, 0.3) is 0 Å². The molecule has 0 bridgehead atoms. The molecule has 0 heterocycles. The van der Waals surface area contributed by atoms with E-state index in [4.69, 9.17) is 4.74 Å². The predicted molar refractivity (Wildman–Crippen MR) is 143 cm³/mol. The molecule has 0 aliphatic heterocycles. The molecule has 0 spiro atoms. The molecule has 2 rings (SSSR count). The Morgan fingerprint density at radius 2 is 1.21 bits per heavy atom. The lowest BCUT2D eigenvalue weighted by Gasteiger charge is -2.31. The Hall–Kier alpha value is -0.300. The van der Waals surface area contributed by atoms with Crippen LogP contribution >= 0.6 is 67.8 Å². The molecule has 0 aliphatic carbocycles. The third kappa shape index (κ3) is 5.05. The number of rotatable bonds is 8. The highest BCUT2D eigenvalue weighted by molar-refractivity contribution is 14.1. The molecule has 7 heteroatoms. The second kappa shape index (κ2) is 11.2. The second-order valence-electron chi connectivity index (χ2n) is 6.07. The summed E-state index contributed by atoms with van der Waals surface area (Å²) in [5, 5.41) is 0. The van der Waals surface area contributed by atoms with Gasteiger partial charge in [-0.05, 0) is 108 Å². The van der Waals surface area contributed by atoms with Crippen molar-refractivity contribution in [3.63, 3.8) is 0 Å². The van der Waals surface area contributed by atoms with Gasteiger partial charge in [0.05, 0.1) is 27.6 Å². The fourth-order valence-electron chi connectivity index (χ4n) is 3.07. The molecule has 2 aromatic rings. The number of anilines is 2. The first-order chi connectivity index (χ1) is 13.4. The van der Waals surface area contributed by atoms with Crippen LogP contribution in [-0.4, -0.2) is 32.1 Å². The van der Waals surface area contributed by atoms with Crippen LogP contribution in [0.3, 0.4) is 0 Å². The van der Waals surface area contributed by atoms with E-state index in [-0.39, 0.29) is 5.97 Å². The van der Waals surface area contributed by atoms with E-state index >= 15 is 0 Å². The summed E-state index contributed by atoms with van der Waals surface area (Å²) >= 11 is 7.09. The largest absolute Gasteiger partial charge is 0.420 e. The van der Waals surface area contributed by atoms with Crippen LogP contribution in [-0.2, 0) is 0 Å².